The van der Waals surface area contributed by atoms with Gasteiger partial charge in [0.1, 0.15) is 11.5 Å². The molecular weight excluding hydrogens is 474 g/mol. The summed E-state index contributed by atoms with van der Waals surface area (Å²) in [6, 6.07) is 32.9. The van der Waals surface area contributed by atoms with Gasteiger partial charge in [-0.2, -0.15) is 5.26 Å². The molecule has 0 spiro atoms. The van der Waals surface area contributed by atoms with Crippen molar-refractivity contribution in [3.05, 3.63) is 143 Å². The maximum Gasteiger partial charge on any atom is 0.185 e. The van der Waals surface area contributed by atoms with E-state index in [1.54, 1.807) is 74.9 Å². The first-order valence-corrected chi connectivity index (χ1v) is 11.8. The first-order chi connectivity index (χ1) is 18.5. The van der Waals surface area contributed by atoms with E-state index in [0.717, 1.165) is 11.1 Å². The van der Waals surface area contributed by atoms with Crippen LogP contribution in [0.25, 0.3) is 12.2 Å². The summed E-state index contributed by atoms with van der Waals surface area (Å²) in [6.45, 7) is 0. The summed E-state index contributed by atoms with van der Waals surface area (Å²) < 4.78 is 10.4. The monoisotopic (exact) mass is 501 g/mol. The Balaban J connectivity index is 0.000000212. The highest BCUT2D eigenvalue weighted by atomic mass is 16.5. The largest absolute Gasteiger partial charge is 0.497 e. The second-order valence-electron chi connectivity index (χ2n) is 8.01. The van der Waals surface area contributed by atoms with E-state index >= 15 is 0 Å². The lowest BCUT2D eigenvalue weighted by molar-refractivity contribution is 0.103. The molecule has 0 unspecified atom stereocenters. The highest BCUT2D eigenvalue weighted by Gasteiger charge is 2.02. The van der Waals surface area contributed by atoms with Crippen molar-refractivity contribution < 1.29 is 19.1 Å². The third-order valence-electron chi connectivity index (χ3n) is 5.38. The molecule has 0 amide bonds. The van der Waals surface area contributed by atoms with Crippen LogP contribution in [0.1, 0.15) is 37.4 Å². The van der Waals surface area contributed by atoms with Crippen LogP contribution in [-0.4, -0.2) is 25.8 Å². The molecule has 38 heavy (non-hydrogen) atoms. The van der Waals surface area contributed by atoms with Crippen LogP contribution < -0.4 is 9.47 Å². The maximum absolute atomic E-state index is 12.0. The molecule has 4 aromatic rings. The number of ether oxygens (including phenoxy) is 2. The van der Waals surface area contributed by atoms with Gasteiger partial charge in [-0.05, 0) is 47.5 Å². The van der Waals surface area contributed by atoms with Crippen molar-refractivity contribution in [3.63, 3.8) is 0 Å². The molecule has 0 aliphatic heterocycles. The van der Waals surface area contributed by atoms with Crippen LogP contribution in [0.15, 0.2) is 115 Å². The van der Waals surface area contributed by atoms with E-state index in [1.165, 1.54) is 6.08 Å². The van der Waals surface area contributed by atoms with Crippen LogP contribution in [0.4, 0.5) is 0 Å². The van der Waals surface area contributed by atoms with Crippen molar-refractivity contribution in [2.45, 2.75) is 0 Å². The Morgan fingerprint density at radius 3 is 1.50 bits per heavy atom. The lowest BCUT2D eigenvalue weighted by atomic mass is 10.1. The zero-order chi connectivity index (χ0) is 27.2. The Labute approximate surface area is 222 Å². The topological polar surface area (TPSA) is 76.4 Å². The molecule has 5 heteroatoms. The van der Waals surface area contributed by atoms with Gasteiger partial charge in [-0.1, -0.05) is 84.9 Å². The number of nitrogens with zero attached hydrogens (tertiary/aromatic N) is 1. The number of rotatable bonds is 8. The Morgan fingerprint density at radius 2 is 1.08 bits per heavy atom. The number of ketones is 2. The highest BCUT2D eigenvalue weighted by Crippen LogP contribution is 2.23. The zero-order valence-corrected chi connectivity index (χ0v) is 21.2. The quantitative estimate of drug-likeness (QED) is 0.191. The molecule has 0 radical (unpaired) electrons. The van der Waals surface area contributed by atoms with Crippen molar-refractivity contribution >= 4 is 23.7 Å². The van der Waals surface area contributed by atoms with E-state index in [1.807, 2.05) is 60.7 Å². The van der Waals surface area contributed by atoms with E-state index in [2.05, 4.69) is 6.07 Å². The lowest BCUT2D eigenvalue weighted by Gasteiger charge is -2.05. The van der Waals surface area contributed by atoms with Gasteiger partial charge in [0.05, 0.1) is 25.9 Å². The van der Waals surface area contributed by atoms with E-state index in [4.69, 9.17) is 14.7 Å². The molecule has 0 aliphatic rings. The smallest absolute Gasteiger partial charge is 0.185 e. The average molecular weight is 502 g/mol. The third kappa shape index (κ3) is 8.47. The number of hydrogen-bond donors (Lipinski definition) is 0. The molecule has 0 bridgehead atoms. The number of hydrogen-bond acceptors (Lipinski definition) is 5. The van der Waals surface area contributed by atoms with Gasteiger partial charge in [0.15, 0.2) is 11.6 Å². The Kier molecular flexibility index (Phi) is 10.4. The molecular formula is C33H27NO4. The van der Waals surface area contributed by atoms with Crippen LogP contribution in [0.3, 0.4) is 0 Å². The van der Waals surface area contributed by atoms with Crippen molar-refractivity contribution in [2.24, 2.45) is 0 Å². The summed E-state index contributed by atoms with van der Waals surface area (Å²) in [4.78, 5) is 23.8. The average Bonchev–Trinajstić information content (AvgIpc) is 2.99. The predicted octanol–water partition coefficient (Wildman–Crippen LogP) is 7.05. The fourth-order valence-corrected chi connectivity index (χ4v) is 3.34. The highest BCUT2D eigenvalue weighted by molar-refractivity contribution is 6.07. The molecule has 4 rings (SSSR count). The zero-order valence-electron chi connectivity index (χ0n) is 21.2. The minimum absolute atomic E-state index is 0.0278. The second-order valence-corrected chi connectivity index (χ2v) is 8.01. The van der Waals surface area contributed by atoms with Gasteiger partial charge in [0.25, 0.3) is 0 Å². The Hall–Kier alpha value is -5.21. The summed E-state index contributed by atoms with van der Waals surface area (Å²) in [5.74, 6) is 1.32. The molecule has 5 nitrogen and oxygen atoms in total. The van der Waals surface area contributed by atoms with Gasteiger partial charge in [-0.25, -0.2) is 0 Å². The van der Waals surface area contributed by atoms with Crippen molar-refractivity contribution in [1.29, 1.82) is 5.26 Å². The summed E-state index contributed by atoms with van der Waals surface area (Å²) in [6.07, 6.45) is 6.58. The van der Waals surface area contributed by atoms with Crippen LogP contribution >= 0.6 is 0 Å². The summed E-state index contributed by atoms with van der Waals surface area (Å²) in [5.41, 5.74) is 3.70. The lowest BCUT2D eigenvalue weighted by Crippen LogP contribution is -1.93. The number of allylic oxidation sites excluding steroid dienone is 2. The van der Waals surface area contributed by atoms with Crippen molar-refractivity contribution in [1.82, 2.24) is 0 Å². The molecule has 0 saturated heterocycles. The molecule has 0 heterocycles. The normalized spacial score (nSPS) is 10.3. The standard InChI is InChI=1S/C17H16O3.C16H11NO/c1-19-15-10-13(11-16(12-15)20-2)8-9-17(18)14-6-4-3-5-7-14;17-12-14-8-6-13(7-9-14)10-11-16(18)15-4-2-1-3-5-15/h3-12H,1-2H3;1-11H. The van der Waals surface area contributed by atoms with Gasteiger partial charge < -0.3 is 9.47 Å². The molecule has 0 N–H and O–H groups in total. The first kappa shape index (κ1) is 27.4. The van der Waals surface area contributed by atoms with Crippen LogP contribution in [0.5, 0.6) is 11.5 Å². The fraction of sp³-hybridized carbons (Fsp3) is 0.0606. The molecule has 0 atom stereocenters. The molecule has 0 fully saturated rings. The molecule has 0 aromatic heterocycles. The van der Waals surface area contributed by atoms with Crippen molar-refractivity contribution in [3.8, 4) is 17.6 Å². The fourth-order valence-electron chi connectivity index (χ4n) is 3.34. The SMILES string of the molecule is COc1cc(C=CC(=O)c2ccccc2)cc(OC)c1.N#Cc1ccc(C=CC(=O)c2ccccc2)cc1. The minimum atomic E-state index is -0.0348. The molecule has 188 valence electrons. The predicted molar refractivity (Wildman–Crippen MR) is 150 cm³/mol. The second kappa shape index (κ2) is 14.4. The van der Waals surface area contributed by atoms with Crippen molar-refractivity contribution in [2.75, 3.05) is 14.2 Å². The Morgan fingerprint density at radius 1 is 0.632 bits per heavy atom. The van der Waals surface area contributed by atoms with Gasteiger partial charge in [0, 0.05) is 17.2 Å². The summed E-state index contributed by atoms with van der Waals surface area (Å²) >= 11 is 0. The van der Waals surface area contributed by atoms with Crippen LogP contribution in [0, 0.1) is 11.3 Å². The number of nitriles is 1. The number of methoxy groups -OCH3 is 2. The maximum atomic E-state index is 12.0. The van der Waals surface area contributed by atoms with Gasteiger partial charge in [0.2, 0.25) is 0 Å². The Bertz CT molecular complexity index is 1430. The molecule has 0 aliphatic carbocycles. The van der Waals surface area contributed by atoms with Gasteiger partial charge in [-0.3, -0.25) is 9.59 Å². The van der Waals surface area contributed by atoms with Crippen LogP contribution in [-0.2, 0) is 0 Å². The van der Waals surface area contributed by atoms with E-state index in [-0.39, 0.29) is 11.6 Å². The number of carbonyl (C=O) groups is 2. The number of carbonyl (C=O) groups excluding carboxylic acids is 2. The number of benzene rings is 4. The summed E-state index contributed by atoms with van der Waals surface area (Å²) in [5, 5.41) is 8.67. The van der Waals surface area contributed by atoms with E-state index in [0.29, 0.717) is 28.2 Å². The first-order valence-electron chi connectivity index (χ1n) is 11.8. The molecule has 4 aromatic carbocycles. The van der Waals surface area contributed by atoms with E-state index in [9.17, 15) is 9.59 Å². The van der Waals surface area contributed by atoms with E-state index < -0.39 is 0 Å². The van der Waals surface area contributed by atoms with Gasteiger partial charge in [-0.15, -0.1) is 0 Å². The summed E-state index contributed by atoms with van der Waals surface area (Å²) in [7, 11) is 3.19. The molecule has 0 saturated carbocycles. The minimum Gasteiger partial charge on any atom is -0.497 e. The van der Waals surface area contributed by atoms with Gasteiger partial charge >= 0.3 is 0 Å². The third-order valence-corrected chi connectivity index (χ3v) is 5.38. The van der Waals surface area contributed by atoms with Crippen LogP contribution in [0.2, 0.25) is 0 Å².